The highest BCUT2D eigenvalue weighted by Gasteiger charge is 2.09. The lowest BCUT2D eigenvalue weighted by atomic mass is 10.1. The highest BCUT2D eigenvalue weighted by Crippen LogP contribution is 2.19. The first-order valence-corrected chi connectivity index (χ1v) is 8.21. The molecule has 0 saturated heterocycles. The topological polar surface area (TPSA) is 55.4 Å². The molecule has 130 valence electrons. The summed E-state index contributed by atoms with van der Waals surface area (Å²) in [6.45, 7) is 5.37. The number of anilines is 1. The molecule has 0 atom stereocenters. The van der Waals surface area contributed by atoms with E-state index >= 15 is 0 Å². The van der Waals surface area contributed by atoms with Gasteiger partial charge < -0.3 is 10.1 Å². The van der Waals surface area contributed by atoms with E-state index < -0.39 is 5.97 Å². The second kappa shape index (κ2) is 8.49. The maximum Gasteiger partial charge on any atom is 0.331 e. The van der Waals surface area contributed by atoms with Crippen LogP contribution in [-0.2, 0) is 14.3 Å². The van der Waals surface area contributed by atoms with E-state index in [2.05, 4.69) is 5.32 Å². The molecular weight excluding hydrogens is 338 g/mol. The summed E-state index contributed by atoms with van der Waals surface area (Å²) >= 11 is 6.03. The zero-order valence-corrected chi connectivity index (χ0v) is 15.2. The Kier molecular flexibility index (Phi) is 6.37. The fourth-order valence-electron chi connectivity index (χ4n) is 2.25. The normalized spacial score (nSPS) is 10.7. The SMILES string of the molecule is Cc1ccc(/C=C/C(=O)OCC(=O)Nc2c(C)cccc2C)cc1Cl. The molecule has 1 N–H and O–H groups in total. The van der Waals surface area contributed by atoms with Crippen molar-refractivity contribution in [1.29, 1.82) is 0 Å². The van der Waals surface area contributed by atoms with Gasteiger partial charge in [0.25, 0.3) is 5.91 Å². The number of carbonyl (C=O) groups excluding carboxylic acids is 2. The van der Waals surface area contributed by atoms with Gasteiger partial charge in [0.1, 0.15) is 0 Å². The van der Waals surface area contributed by atoms with Crippen molar-refractivity contribution in [2.24, 2.45) is 0 Å². The van der Waals surface area contributed by atoms with E-state index in [0.717, 1.165) is 27.9 Å². The number of hydrogen-bond donors (Lipinski definition) is 1. The van der Waals surface area contributed by atoms with Crippen LogP contribution in [-0.4, -0.2) is 18.5 Å². The minimum atomic E-state index is -0.589. The molecular formula is C20H20ClNO3. The number of para-hydroxylation sites is 1. The van der Waals surface area contributed by atoms with E-state index in [0.29, 0.717) is 5.02 Å². The Morgan fingerprint density at radius 3 is 2.40 bits per heavy atom. The van der Waals surface area contributed by atoms with Crippen molar-refractivity contribution in [3.05, 3.63) is 69.8 Å². The predicted octanol–water partition coefficient (Wildman–Crippen LogP) is 4.46. The Hall–Kier alpha value is -2.59. The molecule has 0 spiro atoms. The maximum atomic E-state index is 11.9. The van der Waals surface area contributed by atoms with E-state index in [1.165, 1.54) is 6.08 Å². The molecule has 2 rings (SSSR count). The monoisotopic (exact) mass is 357 g/mol. The molecule has 0 aliphatic rings. The number of hydrogen-bond acceptors (Lipinski definition) is 3. The van der Waals surface area contributed by atoms with Gasteiger partial charge >= 0.3 is 5.97 Å². The van der Waals surface area contributed by atoms with Crippen LogP contribution in [0, 0.1) is 20.8 Å². The Morgan fingerprint density at radius 2 is 1.76 bits per heavy atom. The first-order valence-electron chi connectivity index (χ1n) is 7.84. The molecule has 5 heteroatoms. The summed E-state index contributed by atoms with van der Waals surface area (Å²) in [5, 5.41) is 3.39. The first kappa shape index (κ1) is 18.7. The van der Waals surface area contributed by atoms with Gasteiger partial charge in [0.05, 0.1) is 0 Å². The first-order chi connectivity index (χ1) is 11.9. The van der Waals surface area contributed by atoms with Gasteiger partial charge in [-0.05, 0) is 55.2 Å². The molecule has 0 aliphatic carbocycles. The minimum Gasteiger partial charge on any atom is -0.452 e. The van der Waals surface area contributed by atoms with Gasteiger partial charge in [0.2, 0.25) is 0 Å². The Bertz CT molecular complexity index is 807. The third-order valence-electron chi connectivity index (χ3n) is 3.70. The van der Waals surface area contributed by atoms with Gasteiger partial charge in [0, 0.05) is 16.8 Å². The van der Waals surface area contributed by atoms with Crippen LogP contribution in [0.15, 0.2) is 42.5 Å². The molecule has 0 aromatic heterocycles. The lowest BCUT2D eigenvalue weighted by Crippen LogP contribution is -2.21. The maximum absolute atomic E-state index is 11.9. The Labute approximate surface area is 152 Å². The predicted molar refractivity (Wildman–Crippen MR) is 101 cm³/mol. The summed E-state index contributed by atoms with van der Waals surface area (Å²) in [6, 6.07) is 11.2. The fraction of sp³-hybridized carbons (Fsp3) is 0.200. The summed E-state index contributed by atoms with van der Waals surface area (Å²) in [6.07, 6.45) is 2.87. The van der Waals surface area contributed by atoms with E-state index in [1.807, 2.05) is 51.1 Å². The molecule has 0 radical (unpaired) electrons. The number of aryl methyl sites for hydroxylation is 3. The largest absolute Gasteiger partial charge is 0.452 e. The summed E-state index contributed by atoms with van der Waals surface area (Å²) in [5.41, 5.74) is 4.40. The van der Waals surface area contributed by atoms with Crippen LogP contribution >= 0.6 is 11.6 Å². The van der Waals surface area contributed by atoms with Crippen molar-refractivity contribution in [3.63, 3.8) is 0 Å². The standard InChI is InChI=1S/C20H20ClNO3/c1-13-7-8-16(11-17(13)21)9-10-19(24)25-12-18(23)22-20-14(2)5-4-6-15(20)3/h4-11H,12H2,1-3H3,(H,22,23)/b10-9+. The lowest BCUT2D eigenvalue weighted by molar-refractivity contribution is -0.142. The minimum absolute atomic E-state index is 0.342. The fourth-order valence-corrected chi connectivity index (χ4v) is 2.44. The Balaban J connectivity index is 1.88. The van der Waals surface area contributed by atoms with Crippen LogP contribution in [0.5, 0.6) is 0 Å². The number of carbonyl (C=O) groups is 2. The van der Waals surface area contributed by atoms with Crippen LogP contribution in [0.1, 0.15) is 22.3 Å². The van der Waals surface area contributed by atoms with Gasteiger partial charge in [-0.25, -0.2) is 4.79 Å². The quantitative estimate of drug-likeness (QED) is 0.635. The van der Waals surface area contributed by atoms with Crippen LogP contribution < -0.4 is 5.32 Å². The second-order valence-electron chi connectivity index (χ2n) is 5.76. The van der Waals surface area contributed by atoms with Gasteiger partial charge in [-0.1, -0.05) is 41.9 Å². The third-order valence-corrected chi connectivity index (χ3v) is 4.11. The van der Waals surface area contributed by atoms with Crippen molar-refractivity contribution < 1.29 is 14.3 Å². The van der Waals surface area contributed by atoms with E-state index in [1.54, 1.807) is 12.1 Å². The number of halogens is 1. The van der Waals surface area contributed by atoms with E-state index in [-0.39, 0.29) is 12.5 Å². The van der Waals surface area contributed by atoms with Crippen molar-refractivity contribution in [1.82, 2.24) is 0 Å². The number of ether oxygens (including phenoxy) is 1. The highest BCUT2D eigenvalue weighted by molar-refractivity contribution is 6.31. The molecule has 1 amide bonds. The van der Waals surface area contributed by atoms with Crippen molar-refractivity contribution in [3.8, 4) is 0 Å². The average molecular weight is 358 g/mol. The van der Waals surface area contributed by atoms with Gasteiger partial charge in [-0.2, -0.15) is 0 Å². The summed E-state index contributed by atoms with van der Waals surface area (Å²) in [4.78, 5) is 23.7. The van der Waals surface area contributed by atoms with Crippen LogP contribution in [0.3, 0.4) is 0 Å². The zero-order valence-electron chi connectivity index (χ0n) is 14.4. The van der Waals surface area contributed by atoms with Crippen LogP contribution in [0.25, 0.3) is 6.08 Å². The van der Waals surface area contributed by atoms with Crippen molar-refractivity contribution in [2.45, 2.75) is 20.8 Å². The smallest absolute Gasteiger partial charge is 0.331 e. The van der Waals surface area contributed by atoms with Crippen molar-refractivity contribution in [2.75, 3.05) is 11.9 Å². The number of rotatable bonds is 5. The van der Waals surface area contributed by atoms with Gasteiger partial charge in [-0.15, -0.1) is 0 Å². The highest BCUT2D eigenvalue weighted by atomic mass is 35.5. The zero-order chi connectivity index (χ0) is 18.4. The number of benzene rings is 2. The lowest BCUT2D eigenvalue weighted by Gasteiger charge is -2.11. The molecule has 2 aromatic carbocycles. The molecule has 0 aliphatic heterocycles. The van der Waals surface area contributed by atoms with E-state index in [4.69, 9.17) is 16.3 Å². The number of nitrogens with one attached hydrogen (secondary N) is 1. The van der Waals surface area contributed by atoms with Gasteiger partial charge in [-0.3, -0.25) is 4.79 Å². The molecule has 2 aromatic rings. The number of esters is 1. The molecule has 25 heavy (non-hydrogen) atoms. The average Bonchev–Trinajstić information content (AvgIpc) is 2.57. The molecule has 0 saturated carbocycles. The molecule has 4 nitrogen and oxygen atoms in total. The molecule has 0 bridgehead atoms. The van der Waals surface area contributed by atoms with Crippen LogP contribution in [0.4, 0.5) is 5.69 Å². The molecule has 0 heterocycles. The van der Waals surface area contributed by atoms with Crippen molar-refractivity contribution >= 4 is 35.2 Å². The van der Waals surface area contributed by atoms with Gasteiger partial charge in [0.15, 0.2) is 6.61 Å². The van der Waals surface area contributed by atoms with Crippen LogP contribution in [0.2, 0.25) is 5.02 Å². The number of amides is 1. The summed E-state index contributed by atoms with van der Waals surface area (Å²) in [7, 11) is 0. The second-order valence-corrected chi connectivity index (χ2v) is 6.17. The Morgan fingerprint density at radius 1 is 1.08 bits per heavy atom. The third kappa shape index (κ3) is 5.47. The van der Waals surface area contributed by atoms with E-state index in [9.17, 15) is 9.59 Å². The summed E-state index contributed by atoms with van der Waals surface area (Å²) < 4.78 is 4.96. The molecule has 0 fully saturated rings. The summed E-state index contributed by atoms with van der Waals surface area (Å²) in [5.74, 6) is -0.967. The molecule has 0 unspecified atom stereocenters.